The molecule has 0 radical (unpaired) electrons. The first-order valence-electron chi connectivity index (χ1n) is 19.5. The molecule has 44 heavy (non-hydrogen) atoms. The summed E-state index contributed by atoms with van der Waals surface area (Å²) in [6.45, 7) is 13.7. The van der Waals surface area contributed by atoms with Gasteiger partial charge in [-0.2, -0.15) is 0 Å². The fourth-order valence-electron chi connectivity index (χ4n) is 5.80. The molecule has 0 aromatic rings. The maximum atomic E-state index is 6.05. The highest BCUT2D eigenvalue weighted by atomic mass is 33.1. The Hall–Kier alpha value is 0.480. The summed E-state index contributed by atoms with van der Waals surface area (Å²) < 4.78 is 2.11. The number of thiocarbonyl (C=S) groups is 2. The SMILES string of the molecule is CCCCCCCCCN(CCCCCCCCC)C(=S)SSC(=S)N(CCCCCCCCC)CCCCCCCCC. The van der Waals surface area contributed by atoms with Gasteiger partial charge in [0.05, 0.1) is 0 Å². The van der Waals surface area contributed by atoms with Gasteiger partial charge in [0.15, 0.2) is 0 Å². The molecular weight excluding hydrogens is 613 g/mol. The van der Waals surface area contributed by atoms with Gasteiger partial charge in [0, 0.05) is 26.2 Å². The number of hydrogen-bond donors (Lipinski definition) is 0. The third kappa shape index (κ3) is 29.9. The molecule has 0 aliphatic carbocycles. The Morgan fingerprint density at radius 1 is 0.318 bits per heavy atom. The van der Waals surface area contributed by atoms with Crippen LogP contribution in [0.3, 0.4) is 0 Å². The Balaban J connectivity index is 4.80. The lowest BCUT2D eigenvalue weighted by molar-refractivity contribution is 0.394. The van der Waals surface area contributed by atoms with Crippen LogP contribution in [0.1, 0.15) is 207 Å². The van der Waals surface area contributed by atoms with Crippen molar-refractivity contribution < 1.29 is 0 Å². The quantitative estimate of drug-likeness (QED) is 0.0391. The second-order valence-electron chi connectivity index (χ2n) is 13.2. The van der Waals surface area contributed by atoms with Crippen molar-refractivity contribution >= 4 is 54.7 Å². The zero-order valence-electron chi connectivity index (χ0n) is 30.2. The molecule has 0 amide bonds. The monoisotopic (exact) mass is 688 g/mol. The van der Waals surface area contributed by atoms with E-state index in [2.05, 4.69) is 37.5 Å². The molecule has 6 heteroatoms. The van der Waals surface area contributed by atoms with Gasteiger partial charge in [-0.1, -0.05) is 206 Å². The molecule has 0 saturated heterocycles. The van der Waals surface area contributed by atoms with E-state index in [1.54, 1.807) is 21.6 Å². The Morgan fingerprint density at radius 2 is 0.500 bits per heavy atom. The largest absolute Gasteiger partial charge is 0.357 e. The minimum atomic E-state index is 1.06. The van der Waals surface area contributed by atoms with Crippen molar-refractivity contribution in [1.82, 2.24) is 9.80 Å². The summed E-state index contributed by atoms with van der Waals surface area (Å²) in [6.07, 6.45) is 37.9. The molecule has 0 aliphatic heterocycles. The highest BCUT2D eigenvalue weighted by Crippen LogP contribution is 2.30. The summed E-state index contributed by atoms with van der Waals surface area (Å²) in [4.78, 5) is 5.04. The van der Waals surface area contributed by atoms with Crippen molar-refractivity contribution in [2.45, 2.75) is 207 Å². The molecule has 0 saturated carbocycles. The lowest BCUT2D eigenvalue weighted by Gasteiger charge is -2.27. The molecule has 0 bridgehead atoms. The highest BCUT2D eigenvalue weighted by Gasteiger charge is 2.15. The van der Waals surface area contributed by atoms with Crippen LogP contribution in [0, 0.1) is 0 Å². The smallest absolute Gasteiger partial charge is 0.147 e. The minimum absolute atomic E-state index is 1.06. The van der Waals surface area contributed by atoms with Crippen molar-refractivity contribution in [3.63, 3.8) is 0 Å². The maximum absolute atomic E-state index is 6.05. The predicted molar refractivity (Wildman–Crippen MR) is 215 cm³/mol. The van der Waals surface area contributed by atoms with Gasteiger partial charge in [-0.15, -0.1) is 0 Å². The van der Waals surface area contributed by atoms with Crippen LogP contribution in [0.5, 0.6) is 0 Å². The fraction of sp³-hybridized carbons (Fsp3) is 0.947. The molecule has 2 nitrogen and oxygen atoms in total. The number of unbranched alkanes of at least 4 members (excludes halogenated alkanes) is 24. The summed E-state index contributed by atoms with van der Waals surface area (Å²) in [5.41, 5.74) is 0. The van der Waals surface area contributed by atoms with Gasteiger partial charge in [0.1, 0.15) is 8.64 Å². The Morgan fingerprint density at radius 3 is 0.705 bits per heavy atom. The van der Waals surface area contributed by atoms with Crippen LogP contribution in [-0.4, -0.2) is 44.6 Å². The van der Waals surface area contributed by atoms with Gasteiger partial charge in [-0.3, -0.25) is 0 Å². The zero-order chi connectivity index (χ0) is 32.4. The molecule has 262 valence electrons. The number of nitrogens with zero attached hydrogens (tertiary/aromatic N) is 2. The molecule has 0 N–H and O–H groups in total. The summed E-state index contributed by atoms with van der Waals surface area (Å²) in [5.74, 6) is 0. The third-order valence-electron chi connectivity index (χ3n) is 8.83. The van der Waals surface area contributed by atoms with Gasteiger partial charge < -0.3 is 9.80 Å². The molecule has 0 aromatic carbocycles. The van der Waals surface area contributed by atoms with E-state index in [4.69, 9.17) is 24.4 Å². The Labute approximate surface area is 296 Å². The first-order chi connectivity index (χ1) is 21.6. The predicted octanol–water partition coefficient (Wildman–Crippen LogP) is 14.5. The van der Waals surface area contributed by atoms with Gasteiger partial charge in [-0.05, 0) is 47.3 Å². The van der Waals surface area contributed by atoms with Gasteiger partial charge in [0.2, 0.25) is 0 Å². The molecule has 0 fully saturated rings. The molecule has 0 rings (SSSR count). The van der Waals surface area contributed by atoms with Crippen molar-refractivity contribution in [1.29, 1.82) is 0 Å². The Kier molecular flexibility index (Phi) is 36.7. The second-order valence-corrected chi connectivity index (χ2v) is 16.6. The van der Waals surface area contributed by atoms with E-state index in [0.717, 1.165) is 34.8 Å². The van der Waals surface area contributed by atoms with E-state index in [1.807, 2.05) is 0 Å². The minimum Gasteiger partial charge on any atom is -0.357 e. The van der Waals surface area contributed by atoms with Gasteiger partial charge in [0.25, 0.3) is 0 Å². The number of hydrogen-bond acceptors (Lipinski definition) is 4. The standard InChI is InChI=1S/C38H76N2S4/c1-5-9-13-17-21-25-29-33-39(34-30-26-22-18-14-10-6-2)37(41)43-44-38(42)40(35-31-27-23-19-15-11-7-3)36-32-28-24-20-16-12-8-4/h5-36H2,1-4H3. The van der Waals surface area contributed by atoms with Crippen LogP contribution in [0.4, 0.5) is 0 Å². The average Bonchev–Trinajstić information content (AvgIpc) is 3.03. The fourth-order valence-corrected chi connectivity index (χ4v) is 8.56. The van der Waals surface area contributed by atoms with E-state index in [1.165, 1.54) is 180 Å². The first kappa shape index (κ1) is 44.5. The molecule has 0 spiro atoms. The summed E-state index contributed by atoms with van der Waals surface area (Å²) in [5, 5.41) is 0. The van der Waals surface area contributed by atoms with Crippen molar-refractivity contribution in [2.24, 2.45) is 0 Å². The van der Waals surface area contributed by atoms with E-state index >= 15 is 0 Å². The average molecular weight is 689 g/mol. The van der Waals surface area contributed by atoms with E-state index in [0.29, 0.717) is 0 Å². The van der Waals surface area contributed by atoms with Gasteiger partial charge >= 0.3 is 0 Å². The van der Waals surface area contributed by atoms with Crippen LogP contribution in [-0.2, 0) is 0 Å². The lowest BCUT2D eigenvalue weighted by Crippen LogP contribution is -2.31. The molecule has 0 heterocycles. The highest BCUT2D eigenvalue weighted by molar-refractivity contribution is 8.89. The van der Waals surface area contributed by atoms with E-state index in [9.17, 15) is 0 Å². The van der Waals surface area contributed by atoms with Crippen molar-refractivity contribution in [3.05, 3.63) is 0 Å². The normalized spacial score (nSPS) is 11.3. The molecule has 0 unspecified atom stereocenters. The summed E-state index contributed by atoms with van der Waals surface area (Å²) >= 11 is 12.1. The maximum Gasteiger partial charge on any atom is 0.147 e. The molecule has 0 atom stereocenters. The topological polar surface area (TPSA) is 6.48 Å². The van der Waals surface area contributed by atoms with Crippen LogP contribution in [0.25, 0.3) is 0 Å². The van der Waals surface area contributed by atoms with Crippen molar-refractivity contribution in [2.75, 3.05) is 26.2 Å². The lowest BCUT2D eigenvalue weighted by atomic mass is 10.1. The third-order valence-corrected chi connectivity index (χ3v) is 12.6. The van der Waals surface area contributed by atoms with Crippen LogP contribution >= 0.6 is 46.0 Å². The van der Waals surface area contributed by atoms with Crippen molar-refractivity contribution in [3.8, 4) is 0 Å². The molecular formula is C38H76N2S4. The second kappa shape index (κ2) is 36.3. The Bertz CT molecular complexity index is 528. The molecule has 0 aliphatic rings. The van der Waals surface area contributed by atoms with Crippen LogP contribution < -0.4 is 0 Å². The first-order valence-corrected chi connectivity index (χ1v) is 22.5. The summed E-state index contributed by atoms with van der Waals surface area (Å²) in [7, 11) is 3.54. The summed E-state index contributed by atoms with van der Waals surface area (Å²) in [6, 6.07) is 0. The zero-order valence-corrected chi connectivity index (χ0v) is 33.4. The number of rotatable bonds is 32. The van der Waals surface area contributed by atoms with Crippen LogP contribution in [0.15, 0.2) is 0 Å². The van der Waals surface area contributed by atoms with E-state index in [-0.39, 0.29) is 0 Å². The van der Waals surface area contributed by atoms with E-state index < -0.39 is 0 Å². The van der Waals surface area contributed by atoms with Gasteiger partial charge in [-0.25, -0.2) is 0 Å². The van der Waals surface area contributed by atoms with Crippen LogP contribution in [0.2, 0.25) is 0 Å². The molecule has 0 aromatic heterocycles.